The van der Waals surface area contributed by atoms with E-state index in [0.717, 1.165) is 29.4 Å². The number of fused-ring (bicyclic) bond motifs is 1. The third-order valence-corrected chi connectivity index (χ3v) is 13.4. The van der Waals surface area contributed by atoms with Crippen LogP contribution in [-0.2, 0) is 9.22 Å². The van der Waals surface area contributed by atoms with Crippen molar-refractivity contribution in [2.24, 2.45) is 11.3 Å². The molecule has 1 fully saturated rings. The highest BCUT2D eigenvalue weighted by Gasteiger charge is 2.56. The second-order valence-electron chi connectivity index (χ2n) is 11.7. The highest BCUT2D eigenvalue weighted by molar-refractivity contribution is 6.99. The molecule has 2 unspecified atom stereocenters. The number of hydrogen-bond acceptors (Lipinski definition) is 3. The van der Waals surface area contributed by atoms with Crippen LogP contribution in [0.5, 0.6) is 0 Å². The lowest BCUT2D eigenvalue weighted by Gasteiger charge is -2.43. The molecule has 196 valence electrons. The summed E-state index contributed by atoms with van der Waals surface area (Å²) in [4.78, 5) is 17.7. The first-order valence-corrected chi connectivity index (χ1v) is 15.6. The van der Waals surface area contributed by atoms with Crippen molar-refractivity contribution in [1.29, 1.82) is 0 Å². The van der Waals surface area contributed by atoms with Crippen molar-refractivity contribution < 1.29 is 9.22 Å². The predicted octanol–water partition coefficient (Wildman–Crippen LogP) is 6.56. The summed E-state index contributed by atoms with van der Waals surface area (Å²) in [6.45, 7) is 9.81. The summed E-state index contributed by atoms with van der Waals surface area (Å²) < 4.78 is 7.20. The van der Waals surface area contributed by atoms with Gasteiger partial charge in [0.05, 0.1) is 11.2 Å². The van der Waals surface area contributed by atoms with Crippen LogP contribution in [-0.4, -0.2) is 25.8 Å². The number of nitrogens with one attached hydrogen (secondary N) is 1. The Balaban J connectivity index is 1.35. The van der Waals surface area contributed by atoms with Crippen LogP contribution in [0.1, 0.15) is 47.0 Å². The van der Waals surface area contributed by atoms with Gasteiger partial charge in [-0.3, -0.25) is 9.78 Å². The number of carbonyl (C=O) groups is 1. The topological polar surface area (TPSA) is 51.2 Å². The van der Waals surface area contributed by atoms with Crippen molar-refractivity contribution in [2.75, 3.05) is 11.9 Å². The Hall–Kier alpha value is -3.28. The molecule has 5 rings (SSSR count). The summed E-state index contributed by atoms with van der Waals surface area (Å²) in [7, 11) is -2.59. The molecular weight excluding hydrogens is 484 g/mol. The number of aromatic nitrogens is 1. The lowest BCUT2D eigenvalue weighted by molar-refractivity contribution is -0.117. The van der Waals surface area contributed by atoms with Gasteiger partial charge in [-0.05, 0) is 51.7 Å². The smallest absolute Gasteiger partial charge is 0.261 e. The van der Waals surface area contributed by atoms with Crippen molar-refractivity contribution >= 4 is 41.2 Å². The quantitative estimate of drug-likeness (QED) is 0.253. The first-order valence-electron chi connectivity index (χ1n) is 13.7. The van der Waals surface area contributed by atoms with Gasteiger partial charge in [0.25, 0.3) is 8.32 Å². The zero-order valence-corrected chi connectivity index (χ0v) is 23.9. The Bertz CT molecular complexity index is 1360. The Morgan fingerprint density at radius 2 is 1.58 bits per heavy atom. The maximum absolute atomic E-state index is 13.2. The summed E-state index contributed by atoms with van der Waals surface area (Å²) >= 11 is 0. The van der Waals surface area contributed by atoms with Gasteiger partial charge in [0.15, 0.2) is 0 Å². The van der Waals surface area contributed by atoms with E-state index in [1.165, 1.54) is 10.4 Å². The molecule has 4 aromatic rings. The maximum atomic E-state index is 13.2. The van der Waals surface area contributed by atoms with Crippen molar-refractivity contribution in [3.63, 3.8) is 0 Å². The molecule has 0 aliphatic heterocycles. The van der Waals surface area contributed by atoms with E-state index < -0.39 is 8.32 Å². The third kappa shape index (κ3) is 4.93. The zero-order valence-electron chi connectivity index (χ0n) is 22.9. The van der Waals surface area contributed by atoms with Crippen LogP contribution in [0.25, 0.3) is 10.9 Å². The molecule has 1 N–H and O–H groups in total. The van der Waals surface area contributed by atoms with Gasteiger partial charge in [-0.1, -0.05) is 107 Å². The van der Waals surface area contributed by atoms with Crippen LogP contribution < -0.4 is 15.7 Å². The number of para-hydroxylation sites is 1. The number of nitrogens with zero attached hydrogens (tertiary/aromatic N) is 1. The molecule has 38 heavy (non-hydrogen) atoms. The first-order chi connectivity index (χ1) is 18.3. The summed E-state index contributed by atoms with van der Waals surface area (Å²) in [5.41, 5.74) is 1.59. The van der Waals surface area contributed by atoms with Gasteiger partial charge in [0, 0.05) is 24.6 Å². The molecule has 2 atom stereocenters. The van der Waals surface area contributed by atoms with Crippen LogP contribution >= 0.6 is 0 Å². The fraction of sp³-hybridized carbons (Fsp3) is 0.333. The molecular formula is C33H38N2O2Si. The number of anilines is 1. The normalized spacial score (nSPS) is 19.3. The largest absolute Gasteiger partial charge is 0.407 e. The van der Waals surface area contributed by atoms with Gasteiger partial charge >= 0.3 is 0 Å². The Morgan fingerprint density at radius 1 is 0.947 bits per heavy atom. The molecule has 1 heterocycles. The fourth-order valence-corrected chi connectivity index (χ4v) is 10.8. The minimum atomic E-state index is -2.59. The molecule has 0 saturated heterocycles. The second kappa shape index (κ2) is 10.5. The average Bonchev–Trinajstić information content (AvgIpc) is 3.62. The summed E-state index contributed by atoms with van der Waals surface area (Å²) in [5, 5.41) is 6.71. The van der Waals surface area contributed by atoms with Crippen molar-refractivity contribution in [1.82, 2.24) is 4.98 Å². The molecule has 1 amide bonds. The van der Waals surface area contributed by atoms with Crippen molar-refractivity contribution in [3.05, 3.63) is 97.2 Å². The van der Waals surface area contributed by atoms with Crippen molar-refractivity contribution in [2.45, 2.75) is 52.0 Å². The zero-order chi connectivity index (χ0) is 26.8. The molecule has 5 heteroatoms. The van der Waals surface area contributed by atoms with Crippen LogP contribution in [0.2, 0.25) is 5.04 Å². The number of rotatable bonds is 9. The van der Waals surface area contributed by atoms with E-state index in [4.69, 9.17) is 4.43 Å². The Labute approximate surface area is 227 Å². The van der Waals surface area contributed by atoms with Crippen molar-refractivity contribution in [3.8, 4) is 0 Å². The summed E-state index contributed by atoms with van der Waals surface area (Å²) in [6, 6.07) is 31.4. The monoisotopic (exact) mass is 522 g/mol. The van der Waals surface area contributed by atoms with Gasteiger partial charge in [-0.15, -0.1) is 0 Å². The van der Waals surface area contributed by atoms with E-state index in [2.05, 4.69) is 98.7 Å². The van der Waals surface area contributed by atoms with E-state index in [1.807, 2.05) is 30.3 Å². The molecule has 0 radical (unpaired) electrons. The number of carbonyl (C=O) groups excluding carboxylic acids is 1. The minimum Gasteiger partial charge on any atom is -0.407 e. The minimum absolute atomic E-state index is 0.0203. The Kier molecular flexibility index (Phi) is 7.25. The molecule has 0 spiro atoms. The first kappa shape index (κ1) is 26.3. The van der Waals surface area contributed by atoms with Crippen LogP contribution in [0.3, 0.4) is 0 Å². The molecule has 3 aromatic carbocycles. The lowest BCUT2D eigenvalue weighted by atomic mass is 9.95. The van der Waals surface area contributed by atoms with E-state index in [9.17, 15) is 4.79 Å². The third-order valence-electron chi connectivity index (χ3n) is 8.40. The van der Waals surface area contributed by atoms with Gasteiger partial charge in [-0.25, -0.2) is 0 Å². The standard InChI is InChI=1S/C33H38N2O2Si/c1-5-33(23-30(36)35-29-20-12-14-25-15-13-21-34-31(25)29)22-26(33)24-37-38(32(2,3)4,27-16-8-6-9-17-27)28-18-10-7-11-19-28/h6-21,26H,5,22-24H2,1-4H3,(H,35,36). The van der Waals surface area contributed by atoms with Crippen LogP contribution in [0.4, 0.5) is 5.69 Å². The highest BCUT2D eigenvalue weighted by atomic mass is 28.4. The molecule has 0 bridgehead atoms. The average molecular weight is 523 g/mol. The molecule has 1 aliphatic carbocycles. The molecule has 1 aromatic heterocycles. The van der Waals surface area contributed by atoms with Gasteiger partial charge < -0.3 is 9.74 Å². The number of benzene rings is 3. The molecule has 1 aliphatic rings. The van der Waals surface area contributed by atoms with E-state index in [0.29, 0.717) is 18.9 Å². The van der Waals surface area contributed by atoms with E-state index in [1.54, 1.807) is 6.20 Å². The number of pyridine rings is 1. The molecule has 4 nitrogen and oxygen atoms in total. The van der Waals surface area contributed by atoms with E-state index in [-0.39, 0.29) is 16.4 Å². The lowest BCUT2D eigenvalue weighted by Crippen LogP contribution is -2.66. The molecule has 1 saturated carbocycles. The van der Waals surface area contributed by atoms with Gasteiger partial charge in [0.2, 0.25) is 5.91 Å². The summed E-state index contributed by atoms with van der Waals surface area (Å²) in [6.07, 6.45) is 4.25. The maximum Gasteiger partial charge on any atom is 0.261 e. The fourth-order valence-electron chi connectivity index (χ4n) is 6.15. The highest BCUT2D eigenvalue weighted by Crippen LogP contribution is 2.58. The van der Waals surface area contributed by atoms with Gasteiger partial charge in [0.1, 0.15) is 0 Å². The number of hydrogen-bond donors (Lipinski definition) is 1. The Morgan fingerprint density at radius 3 is 2.18 bits per heavy atom. The van der Waals surface area contributed by atoms with Crippen LogP contribution in [0, 0.1) is 11.3 Å². The summed E-state index contributed by atoms with van der Waals surface area (Å²) in [5.74, 6) is 0.420. The van der Waals surface area contributed by atoms with Crippen LogP contribution in [0.15, 0.2) is 97.2 Å². The van der Waals surface area contributed by atoms with E-state index >= 15 is 0 Å². The SMILES string of the molecule is CCC1(CC(=O)Nc2cccc3cccnc23)CC1CO[Si](c1ccccc1)(c1ccccc1)C(C)(C)C. The number of amides is 1. The predicted molar refractivity (Wildman–Crippen MR) is 159 cm³/mol. The second-order valence-corrected chi connectivity index (χ2v) is 16.0. The van der Waals surface area contributed by atoms with Gasteiger partial charge in [-0.2, -0.15) is 0 Å².